The summed E-state index contributed by atoms with van der Waals surface area (Å²) in [5.41, 5.74) is 0. The maximum atomic E-state index is 13.0. The number of hydrogen-bond donors (Lipinski definition) is 3. The molecule has 82 heavy (non-hydrogen) atoms. The van der Waals surface area contributed by atoms with Crippen molar-refractivity contribution in [1.29, 1.82) is 0 Å². The van der Waals surface area contributed by atoms with E-state index in [9.17, 15) is 43.2 Å². The first-order valence-corrected chi connectivity index (χ1v) is 35.8. The van der Waals surface area contributed by atoms with Crippen molar-refractivity contribution in [3.05, 3.63) is 0 Å². The highest BCUT2D eigenvalue weighted by molar-refractivity contribution is 7.47. The fourth-order valence-corrected chi connectivity index (χ4v) is 10.8. The molecule has 0 aromatic rings. The average molecular weight is 1210 g/mol. The van der Waals surface area contributed by atoms with Crippen LogP contribution in [0.15, 0.2) is 0 Å². The van der Waals surface area contributed by atoms with E-state index in [1.807, 2.05) is 0 Å². The third-order valence-electron chi connectivity index (χ3n) is 15.0. The van der Waals surface area contributed by atoms with Gasteiger partial charge in [-0.3, -0.25) is 37.3 Å². The van der Waals surface area contributed by atoms with Gasteiger partial charge in [0.05, 0.1) is 26.4 Å². The molecule has 0 saturated heterocycles. The molecule has 486 valence electrons. The number of esters is 4. The van der Waals surface area contributed by atoms with Gasteiger partial charge in [0.25, 0.3) is 0 Å². The zero-order valence-electron chi connectivity index (χ0n) is 53.1. The quantitative estimate of drug-likeness (QED) is 0.0222. The zero-order chi connectivity index (χ0) is 61.1. The largest absolute Gasteiger partial charge is 0.472 e. The Bertz CT molecular complexity index is 1650. The number of aliphatic hydroxyl groups is 1. The molecule has 0 aliphatic heterocycles. The van der Waals surface area contributed by atoms with Gasteiger partial charge in [-0.25, -0.2) is 9.13 Å². The van der Waals surface area contributed by atoms with Crippen LogP contribution in [0.4, 0.5) is 0 Å². The number of carbonyl (C=O) groups is 4. The number of aliphatic hydroxyl groups excluding tert-OH is 1. The maximum absolute atomic E-state index is 13.0. The highest BCUT2D eigenvalue weighted by atomic mass is 31.2. The average Bonchev–Trinajstić information content (AvgIpc) is 3.43. The zero-order valence-corrected chi connectivity index (χ0v) is 54.9. The molecule has 0 bridgehead atoms. The second kappa shape index (κ2) is 53.3. The number of phosphoric ester groups is 2. The minimum absolute atomic E-state index is 0.101. The van der Waals surface area contributed by atoms with Gasteiger partial charge in [-0.15, -0.1) is 0 Å². The van der Waals surface area contributed by atoms with Gasteiger partial charge in [-0.1, -0.05) is 248 Å². The molecule has 17 nitrogen and oxygen atoms in total. The van der Waals surface area contributed by atoms with Crippen molar-refractivity contribution in [2.75, 3.05) is 39.6 Å². The SMILES string of the molecule is CCC(C)CCCCCCCCCCC(=O)O[C@H](COC(=O)CCCCCCCCCC(C)C)COP(=O)(O)OCC(O)COP(=O)(O)OC[C@@H](COC(=O)CCCCCCCCCC(C)C)OC(=O)CCCCCCCCC(C)CC. The van der Waals surface area contributed by atoms with E-state index in [1.165, 1.54) is 89.9 Å². The number of ether oxygens (including phenoxy) is 4. The molecule has 7 atom stereocenters. The molecular weight excluding hydrogens is 1090 g/mol. The minimum Gasteiger partial charge on any atom is -0.462 e. The van der Waals surface area contributed by atoms with Crippen LogP contribution in [0, 0.1) is 23.7 Å². The molecule has 0 saturated carbocycles. The third-order valence-corrected chi connectivity index (χ3v) is 16.9. The molecule has 5 unspecified atom stereocenters. The molecule has 0 aromatic carbocycles. The predicted molar refractivity (Wildman–Crippen MR) is 326 cm³/mol. The van der Waals surface area contributed by atoms with E-state index in [1.54, 1.807) is 0 Å². The topological polar surface area (TPSA) is 237 Å². The molecule has 0 radical (unpaired) electrons. The summed E-state index contributed by atoms with van der Waals surface area (Å²) in [6.45, 7) is 13.9. The molecule has 19 heteroatoms. The van der Waals surface area contributed by atoms with Crippen molar-refractivity contribution >= 4 is 39.5 Å². The smallest absolute Gasteiger partial charge is 0.462 e. The number of rotatable bonds is 60. The lowest BCUT2D eigenvalue weighted by Crippen LogP contribution is -2.30. The summed E-state index contributed by atoms with van der Waals surface area (Å²) in [4.78, 5) is 72.1. The normalized spacial score (nSPS) is 15.1. The lowest BCUT2D eigenvalue weighted by molar-refractivity contribution is -0.161. The van der Waals surface area contributed by atoms with Crippen LogP contribution in [0.5, 0.6) is 0 Å². The Kier molecular flexibility index (Phi) is 52.0. The molecule has 0 amide bonds. The summed E-state index contributed by atoms with van der Waals surface area (Å²) >= 11 is 0. The number of unbranched alkanes of at least 4 members (excludes halogenated alkanes) is 24. The van der Waals surface area contributed by atoms with Gasteiger partial charge < -0.3 is 33.8 Å². The van der Waals surface area contributed by atoms with Gasteiger partial charge in [-0.05, 0) is 49.4 Å². The first kappa shape index (κ1) is 80.1. The van der Waals surface area contributed by atoms with Crippen LogP contribution in [0.3, 0.4) is 0 Å². The first-order chi connectivity index (χ1) is 39.2. The Labute approximate surface area is 498 Å². The van der Waals surface area contributed by atoms with Gasteiger partial charge in [0.1, 0.15) is 19.3 Å². The maximum Gasteiger partial charge on any atom is 0.472 e. The van der Waals surface area contributed by atoms with Crippen LogP contribution in [0.25, 0.3) is 0 Å². The van der Waals surface area contributed by atoms with Crippen molar-refractivity contribution < 1.29 is 80.2 Å². The molecule has 0 rings (SSSR count). The molecule has 3 N–H and O–H groups in total. The third kappa shape index (κ3) is 54.7. The fourth-order valence-electron chi connectivity index (χ4n) is 9.19. The van der Waals surface area contributed by atoms with E-state index in [0.29, 0.717) is 37.5 Å². The van der Waals surface area contributed by atoms with E-state index >= 15 is 0 Å². The lowest BCUT2D eigenvalue weighted by Gasteiger charge is -2.21. The van der Waals surface area contributed by atoms with E-state index in [2.05, 4.69) is 55.4 Å². The summed E-state index contributed by atoms with van der Waals surface area (Å²) in [5.74, 6) is 0.755. The van der Waals surface area contributed by atoms with Crippen LogP contribution in [0.2, 0.25) is 0 Å². The monoisotopic (exact) mass is 1210 g/mol. The van der Waals surface area contributed by atoms with Crippen LogP contribution in [-0.4, -0.2) is 96.7 Å². The minimum atomic E-state index is -4.94. The Morgan fingerprint density at radius 1 is 0.341 bits per heavy atom. The molecule has 0 spiro atoms. The van der Waals surface area contributed by atoms with Crippen LogP contribution in [-0.2, 0) is 65.4 Å². The van der Waals surface area contributed by atoms with Crippen molar-refractivity contribution in [2.45, 2.75) is 318 Å². The second-order valence-corrected chi connectivity index (χ2v) is 27.1. The Hall–Kier alpha value is -1.94. The van der Waals surface area contributed by atoms with E-state index in [4.69, 9.17) is 37.0 Å². The molecule has 0 aliphatic carbocycles. The summed E-state index contributed by atoms with van der Waals surface area (Å²) in [5, 5.41) is 10.5. The van der Waals surface area contributed by atoms with Gasteiger partial charge in [-0.2, -0.15) is 0 Å². The number of hydrogen-bond acceptors (Lipinski definition) is 15. The number of phosphoric acid groups is 2. The lowest BCUT2D eigenvalue weighted by atomic mass is 9.99. The van der Waals surface area contributed by atoms with Gasteiger partial charge in [0.15, 0.2) is 12.2 Å². The van der Waals surface area contributed by atoms with Gasteiger partial charge >= 0.3 is 39.5 Å². The van der Waals surface area contributed by atoms with E-state index in [0.717, 1.165) is 115 Å². The van der Waals surface area contributed by atoms with E-state index < -0.39 is 97.5 Å². The van der Waals surface area contributed by atoms with Crippen LogP contribution in [0.1, 0.15) is 299 Å². The van der Waals surface area contributed by atoms with Crippen LogP contribution < -0.4 is 0 Å². The van der Waals surface area contributed by atoms with Crippen molar-refractivity contribution in [2.24, 2.45) is 23.7 Å². The summed E-state index contributed by atoms with van der Waals surface area (Å²) in [7, 11) is -9.89. The molecule has 0 aromatic heterocycles. The fraction of sp³-hybridized carbons (Fsp3) is 0.937. The Morgan fingerprint density at radius 3 is 0.866 bits per heavy atom. The molecular formula is C63H122O17P2. The van der Waals surface area contributed by atoms with Crippen LogP contribution >= 0.6 is 15.6 Å². The highest BCUT2D eigenvalue weighted by Crippen LogP contribution is 2.45. The van der Waals surface area contributed by atoms with Gasteiger partial charge in [0, 0.05) is 25.7 Å². The van der Waals surface area contributed by atoms with Crippen molar-refractivity contribution in [3.8, 4) is 0 Å². The Morgan fingerprint density at radius 2 is 0.585 bits per heavy atom. The molecule has 0 fully saturated rings. The van der Waals surface area contributed by atoms with Crippen molar-refractivity contribution in [1.82, 2.24) is 0 Å². The van der Waals surface area contributed by atoms with E-state index in [-0.39, 0.29) is 25.7 Å². The molecule has 0 heterocycles. The predicted octanol–water partition coefficient (Wildman–Crippen LogP) is 17.0. The second-order valence-electron chi connectivity index (χ2n) is 24.2. The summed E-state index contributed by atoms with van der Waals surface area (Å²) in [6, 6.07) is 0. The highest BCUT2D eigenvalue weighted by Gasteiger charge is 2.30. The Balaban J connectivity index is 5.27. The first-order valence-electron chi connectivity index (χ1n) is 32.8. The number of carbonyl (C=O) groups excluding carboxylic acids is 4. The summed E-state index contributed by atoms with van der Waals surface area (Å²) in [6.07, 6.45) is 32.2. The van der Waals surface area contributed by atoms with Crippen molar-refractivity contribution in [3.63, 3.8) is 0 Å². The summed E-state index contributed by atoms with van der Waals surface area (Å²) < 4.78 is 67.9. The van der Waals surface area contributed by atoms with Gasteiger partial charge in [0.2, 0.25) is 0 Å². The standard InChI is InChI=1S/C63H122O17P2/c1-9-55(7)41-33-25-17-11-12-18-29-37-45-62(67)79-58(49-73-60(65)43-35-27-19-13-15-23-31-39-53(3)4)51-77-81(69,70)75-47-57(64)48-76-82(71,72)78-52-59(80-63(68)46-38-30-22-21-26-34-42-56(8)10-2)50-74-61(66)44-36-28-20-14-16-24-32-40-54(5)6/h53-59,64H,9-52H2,1-8H3,(H,69,70)(H,71,72)/t55?,56?,57?,58-,59-/m1/s1. The molecule has 0 aliphatic rings.